The molecule has 0 aliphatic heterocycles. The van der Waals surface area contributed by atoms with E-state index in [1.165, 1.54) is 0 Å². The summed E-state index contributed by atoms with van der Waals surface area (Å²) in [6.45, 7) is 3.21. The highest BCUT2D eigenvalue weighted by molar-refractivity contribution is 5.88. The van der Waals surface area contributed by atoms with Crippen LogP contribution in [0.4, 0.5) is 10.5 Å². The number of aryl methyl sites for hydroxylation is 1. The number of nitrogens with one attached hydrogen (secondary N) is 2. The maximum atomic E-state index is 11.9. The number of rotatable bonds is 6. The summed E-state index contributed by atoms with van der Waals surface area (Å²) < 4.78 is 7.15. The van der Waals surface area contributed by atoms with E-state index in [2.05, 4.69) is 15.7 Å². The quantitative estimate of drug-likeness (QED) is 0.852. The number of furan rings is 1. The van der Waals surface area contributed by atoms with Gasteiger partial charge in [-0.2, -0.15) is 5.10 Å². The molecule has 7 nitrogen and oxygen atoms in total. The van der Waals surface area contributed by atoms with Crippen LogP contribution >= 0.6 is 0 Å². The van der Waals surface area contributed by atoms with Gasteiger partial charge in [-0.25, -0.2) is 4.79 Å². The van der Waals surface area contributed by atoms with Crippen molar-refractivity contribution in [2.45, 2.75) is 19.5 Å². The number of nitrogens with zero attached hydrogens (tertiary/aromatic N) is 3. The second kappa shape index (κ2) is 6.94. The zero-order valence-corrected chi connectivity index (χ0v) is 12.5. The van der Waals surface area contributed by atoms with Gasteiger partial charge in [-0.3, -0.25) is 9.58 Å². The van der Waals surface area contributed by atoms with Crippen LogP contribution in [0.1, 0.15) is 18.7 Å². The Kier molecular flexibility index (Phi) is 4.99. The molecule has 2 aromatic rings. The summed E-state index contributed by atoms with van der Waals surface area (Å²) in [6, 6.07) is 3.47. The van der Waals surface area contributed by atoms with Crippen LogP contribution in [0.2, 0.25) is 0 Å². The molecular formula is C14H21N5O2. The number of anilines is 1. The molecule has 1 unspecified atom stereocenters. The summed E-state index contributed by atoms with van der Waals surface area (Å²) in [4.78, 5) is 13.9. The number of aromatic nitrogens is 2. The lowest BCUT2D eigenvalue weighted by atomic mass is 10.2. The van der Waals surface area contributed by atoms with E-state index in [1.807, 2.05) is 38.1 Å². The molecular weight excluding hydrogens is 270 g/mol. The lowest BCUT2D eigenvalue weighted by Crippen LogP contribution is -2.36. The van der Waals surface area contributed by atoms with Crippen molar-refractivity contribution in [3.8, 4) is 0 Å². The first-order chi connectivity index (χ1) is 10.1. The van der Waals surface area contributed by atoms with Crippen LogP contribution in [0.25, 0.3) is 0 Å². The van der Waals surface area contributed by atoms with E-state index in [0.29, 0.717) is 12.2 Å². The molecule has 7 heteroatoms. The summed E-state index contributed by atoms with van der Waals surface area (Å²) in [5, 5.41) is 9.70. The minimum atomic E-state index is -0.260. The Balaban J connectivity index is 1.87. The van der Waals surface area contributed by atoms with Crippen molar-refractivity contribution in [2.24, 2.45) is 0 Å². The predicted octanol–water partition coefficient (Wildman–Crippen LogP) is 1.92. The standard InChI is InChI=1S/C14H21N5O2/c1-4-19-10-11(8-16-19)17-14(20)15-9-12(18(2)3)13-6-5-7-21-13/h5-8,10,12H,4,9H2,1-3H3,(H2,15,17,20). The molecule has 2 heterocycles. The molecule has 2 N–H and O–H groups in total. The topological polar surface area (TPSA) is 75.3 Å². The minimum absolute atomic E-state index is 0.0101. The third-order valence-corrected chi connectivity index (χ3v) is 3.17. The van der Waals surface area contributed by atoms with Crippen molar-refractivity contribution in [3.63, 3.8) is 0 Å². The number of carbonyl (C=O) groups excluding carboxylic acids is 1. The third-order valence-electron chi connectivity index (χ3n) is 3.17. The molecule has 0 aromatic carbocycles. The second-order valence-corrected chi connectivity index (χ2v) is 4.91. The van der Waals surface area contributed by atoms with Gasteiger partial charge in [0.25, 0.3) is 0 Å². The smallest absolute Gasteiger partial charge is 0.319 e. The molecule has 0 aliphatic carbocycles. The Labute approximate surface area is 123 Å². The second-order valence-electron chi connectivity index (χ2n) is 4.91. The average molecular weight is 291 g/mol. The van der Waals surface area contributed by atoms with Gasteiger partial charge in [-0.15, -0.1) is 0 Å². The first kappa shape index (κ1) is 15.1. The van der Waals surface area contributed by atoms with Gasteiger partial charge < -0.3 is 15.1 Å². The van der Waals surface area contributed by atoms with E-state index < -0.39 is 0 Å². The van der Waals surface area contributed by atoms with Gasteiger partial charge in [0.2, 0.25) is 0 Å². The van der Waals surface area contributed by atoms with E-state index in [0.717, 1.165) is 12.3 Å². The third kappa shape index (κ3) is 4.09. The monoisotopic (exact) mass is 291 g/mol. The van der Waals surface area contributed by atoms with Crippen molar-refractivity contribution >= 4 is 11.7 Å². The van der Waals surface area contributed by atoms with Crippen LogP contribution in [-0.2, 0) is 6.54 Å². The zero-order chi connectivity index (χ0) is 15.2. The zero-order valence-electron chi connectivity index (χ0n) is 12.5. The number of likely N-dealkylation sites (N-methyl/N-ethyl adjacent to an activating group) is 1. The fourth-order valence-corrected chi connectivity index (χ4v) is 1.98. The normalized spacial score (nSPS) is 12.4. The molecule has 21 heavy (non-hydrogen) atoms. The van der Waals surface area contributed by atoms with E-state index in [1.54, 1.807) is 23.3 Å². The van der Waals surface area contributed by atoms with Crippen LogP contribution in [0.5, 0.6) is 0 Å². The molecule has 0 spiro atoms. The molecule has 0 radical (unpaired) electrons. The fraction of sp³-hybridized carbons (Fsp3) is 0.429. The van der Waals surface area contributed by atoms with E-state index in [4.69, 9.17) is 4.42 Å². The van der Waals surface area contributed by atoms with Crippen molar-refractivity contribution in [1.29, 1.82) is 0 Å². The van der Waals surface area contributed by atoms with E-state index in [-0.39, 0.29) is 12.1 Å². The molecule has 2 aromatic heterocycles. The van der Waals surface area contributed by atoms with Crippen molar-refractivity contribution in [3.05, 3.63) is 36.5 Å². The van der Waals surface area contributed by atoms with E-state index in [9.17, 15) is 4.79 Å². The van der Waals surface area contributed by atoms with Gasteiger partial charge in [0.05, 0.1) is 24.2 Å². The number of carbonyl (C=O) groups is 1. The molecule has 2 rings (SSSR count). The fourth-order valence-electron chi connectivity index (χ4n) is 1.98. The van der Waals surface area contributed by atoms with Gasteiger partial charge in [-0.05, 0) is 33.2 Å². The molecule has 0 bridgehead atoms. The Morgan fingerprint density at radius 3 is 2.90 bits per heavy atom. The molecule has 0 fully saturated rings. The Morgan fingerprint density at radius 1 is 1.52 bits per heavy atom. The highest BCUT2D eigenvalue weighted by Gasteiger charge is 2.17. The number of urea groups is 1. The average Bonchev–Trinajstić information content (AvgIpc) is 3.10. The summed E-state index contributed by atoms with van der Waals surface area (Å²) >= 11 is 0. The van der Waals surface area contributed by atoms with Gasteiger partial charge in [0.1, 0.15) is 5.76 Å². The molecule has 0 saturated carbocycles. The number of amides is 2. The SMILES string of the molecule is CCn1cc(NC(=O)NCC(c2ccco2)N(C)C)cn1. The lowest BCUT2D eigenvalue weighted by molar-refractivity contribution is 0.233. The lowest BCUT2D eigenvalue weighted by Gasteiger charge is -2.22. The van der Waals surface area contributed by atoms with Crippen LogP contribution < -0.4 is 10.6 Å². The first-order valence-electron chi connectivity index (χ1n) is 6.87. The van der Waals surface area contributed by atoms with Gasteiger partial charge in [0.15, 0.2) is 0 Å². The Morgan fingerprint density at radius 2 is 2.33 bits per heavy atom. The summed E-state index contributed by atoms with van der Waals surface area (Å²) in [5.74, 6) is 0.819. The largest absolute Gasteiger partial charge is 0.468 e. The van der Waals surface area contributed by atoms with Crippen LogP contribution in [0.15, 0.2) is 35.2 Å². The van der Waals surface area contributed by atoms with Gasteiger partial charge in [-0.1, -0.05) is 0 Å². The molecule has 114 valence electrons. The van der Waals surface area contributed by atoms with Crippen molar-refractivity contribution < 1.29 is 9.21 Å². The summed E-state index contributed by atoms with van der Waals surface area (Å²) in [6.07, 6.45) is 5.04. The van der Waals surface area contributed by atoms with Gasteiger partial charge >= 0.3 is 6.03 Å². The van der Waals surface area contributed by atoms with Crippen LogP contribution in [-0.4, -0.2) is 41.4 Å². The maximum Gasteiger partial charge on any atom is 0.319 e. The Hall–Kier alpha value is -2.28. The number of hydrogen-bond donors (Lipinski definition) is 2. The van der Waals surface area contributed by atoms with Crippen molar-refractivity contribution in [1.82, 2.24) is 20.0 Å². The molecule has 0 saturated heterocycles. The maximum absolute atomic E-state index is 11.9. The van der Waals surface area contributed by atoms with Crippen molar-refractivity contribution in [2.75, 3.05) is 26.0 Å². The van der Waals surface area contributed by atoms with Gasteiger partial charge in [0, 0.05) is 19.3 Å². The summed E-state index contributed by atoms with van der Waals surface area (Å²) in [5.41, 5.74) is 0.675. The molecule has 1 atom stereocenters. The predicted molar refractivity (Wildman–Crippen MR) is 80.1 cm³/mol. The minimum Gasteiger partial charge on any atom is -0.468 e. The number of hydrogen-bond acceptors (Lipinski definition) is 4. The molecule has 2 amide bonds. The van der Waals surface area contributed by atoms with Crippen LogP contribution in [0.3, 0.4) is 0 Å². The first-order valence-corrected chi connectivity index (χ1v) is 6.87. The molecule has 0 aliphatic rings. The summed E-state index contributed by atoms with van der Waals surface area (Å²) in [7, 11) is 3.89. The van der Waals surface area contributed by atoms with E-state index >= 15 is 0 Å². The highest BCUT2D eigenvalue weighted by atomic mass is 16.3. The highest BCUT2D eigenvalue weighted by Crippen LogP contribution is 2.17. The van der Waals surface area contributed by atoms with Crippen LogP contribution in [0, 0.1) is 0 Å². The Bertz CT molecular complexity index is 562.